The molecule has 0 saturated carbocycles. The van der Waals surface area contributed by atoms with Crippen molar-refractivity contribution in [2.24, 2.45) is 0 Å². The number of esters is 1. The molecule has 0 amide bonds. The van der Waals surface area contributed by atoms with Gasteiger partial charge in [-0.15, -0.1) is 0 Å². The lowest BCUT2D eigenvalue weighted by Gasteiger charge is -2.13. The molecule has 0 aliphatic carbocycles. The Morgan fingerprint density at radius 3 is 2.25 bits per heavy atom. The first kappa shape index (κ1) is 15.4. The second-order valence-electron chi connectivity index (χ2n) is 3.75. The molecule has 0 aromatic heterocycles. The fraction of sp³-hybridized carbons (Fsp3) is 0.917. The highest BCUT2D eigenvalue weighted by molar-refractivity contribution is 5.69. The topological polar surface area (TPSA) is 44.8 Å². The Kier molecular flexibility index (Phi) is 10.5. The molecule has 0 atom stereocenters. The minimum Gasteiger partial charge on any atom is -0.460 e. The van der Waals surface area contributed by atoms with Crippen LogP contribution in [-0.4, -0.2) is 33.1 Å². The predicted octanol–water partition coefficient (Wildman–Crippen LogP) is 2.51. The van der Waals surface area contributed by atoms with Crippen LogP contribution in [0.1, 0.15) is 45.4 Å². The van der Waals surface area contributed by atoms with Crippen molar-refractivity contribution >= 4 is 5.97 Å². The van der Waals surface area contributed by atoms with Gasteiger partial charge in [-0.05, 0) is 6.42 Å². The van der Waals surface area contributed by atoms with E-state index >= 15 is 0 Å². The Morgan fingerprint density at radius 1 is 1.06 bits per heavy atom. The first-order valence-corrected chi connectivity index (χ1v) is 5.95. The molecule has 0 bridgehead atoms. The molecular formula is C12H24O4. The number of unbranched alkanes of at least 4 members (excludes halogenated alkanes) is 4. The van der Waals surface area contributed by atoms with E-state index in [1.54, 1.807) is 0 Å². The van der Waals surface area contributed by atoms with Crippen molar-refractivity contribution in [3.63, 3.8) is 0 Å². The van der Waals surface area contributed by atoms with Gasteiger partial charge in [0.05, 0.1) is 0 Å². The van der Waals surface area contributed by atoms with Gasteiger partial charge in [0.15, 0.2) is 6.29 Å². The van der Waals surface area contributed by atoms with E-state index in [9.17, 15) is 4.79 Å². The molecule has 0 saturated heterocycles. The fourth-order valence-electron chi connectivity index (χ4n) is 1.34. The first-order valence-electron chi connectivity index (χ1n) is 5.95. The van der Waals surface area contributed by atoms with Crippen LogP contribution in [0.15, 0.2) is 0 Å². The molecule has 4 heteroatoms. The van der Waals surface area contributed by atoms with Crippen LogP contribution in [0.4, 0.5) is 0 Å². The fourth-order valence-corrected chi connectivity index (χ4v) is 1.34. The summed E-state index contributed by atoms with van der Waals surface area (Å²) in [5.74, 6) is -0.171. The van der Waals surface area contributed by atoms with Crippen molar-refractivity contribution in [1.29, 1.82) is 0 Å². The van der Waals surface area contributed by atoms with Gasteiger partial charge in [0.1, 0.15) is 6.61 Å². The molecule has 0 spiro atoms. The number of ether oxygens (including phenoxy) is 3. The van der Waals surface area contributed by atoms with Crippen molar-refractivity contribution in [2.45, 2.75) is 51.7 Å². The molecule has 0 unspecified atom stereocenters. The van der Waals surface area contributed by atoms with Crippen LogP contribution in [0, 0.1) is 0 Å². The summed E-state index contributed by atoms with van der Waals surface area (Å²) in [6.07, 6.45) is 5.69. The van der Waals surface area contributed by atoms with Crippen LogP contribution in [0.25, 0.3) is 0 Å². The van der Waals surface area contributed by atoms with Gasteiger partial charge in [0, 0.05) is 20.6 Å². The first-order chi connectivity index (χ1) is 7.74. The van der Waals surface area contributed by atoms with Gasteiger partial charge >= 0.3 is 5.97 Å². The van der Waals surface area contributed by atoms with Gasteiger partial charge in [-0.1, -0.05) is 32.6 Å². The molecule has 16 heavy (non-hydrogen) atoms. The highest BCUT2D eigenvalue weighted by Gasteiger charge is 2.09. The zero-order valence-electron chi connectivity index (χ0n) is 10.7. The van der Waals surface area contributed by atoms with Crippen molar-refractivity contribution < 1.29 is 19.0 Å². The maximum Gasteiger partial charge on any atom is 0.305 e. The van der Waals surface area contributed by atoms with Crippen molar-refractivity contribution in [3.05, 3.63) is 0 Å². The largest absolute Gasteiger partial charge is 0.460 e. The summed E-state index contributed by atoms with van der Waals surface area (Å²) >= 11 is 0. The molecular weight excluding hydrogens is 208 g/mol. The summed E-state index contributed by atoms with van der Waals surface area (Å²) in [7, 11) is 3.04. The van der Waals surface area contributed by atoms with Crippen LogP contribution < -0.4 is 0 Å². The van der Waals surface area contributed by atoms with Crippen LogP contribution >= 0.6 is 0 Å². The maximum atomic E-state index is 11.3. The molecule has 0 aromatic rings. The summed E-state index contributed by atoms with van der Waals surface area (Å²) in [4.78, 5) is 11.3. The molecule has 0 aliphatic rings. The summed E-state index contributed by atoms with van der Waals surface area (Å²) in [5.41, 5.74) is 0. The lowest BCUT2D eigenvalue weighted by molar-refractivity contribution is -0.166. The molecule has 0 heterocycles. The number of hydrogen-bond donors (Lipinski definition) is 0. The maximum absolute atomic E-state index is 11.3. The van der Waals surface area contributed by atoms with Crippen molar-refractivity contribution in [2.75, 3.05) is 20.8 Å². The number of carbonyl (C=O) groups is 1. The van der Waals surface area contributed by atoms with E-state index in [0.717, 1.165) is 12.8 Å². The van der Waals surface area contributed by atoms with E-state index in [1.807, 2.05) is 0 Å². The quantitative estimate of drug-likeness (QED) is 0.330. The summed E-state index contributed by atoms with van der Waals surface area (Å²) < 4.78 is 14.8. The summed E-state index contributed by atoms with van der Waals surface area (Å²) in [6.45, 7) is 2.34. The monoisotopic (exact) mass is 232 g/mol. The van der Waals surface area contributed by atoms with Gasteiger partial charge in [-0.2, -0.15) is 0 Å². The Bertz CT molecular complexity index is 166. The smallest absolute Gasteiger partial charge is 0.305 e. The molecule has 0 N–H and O–H groups in total. The van der Waals surface area contributed by atoms with E-state index in [2.05, 4.69) is 6.92 Å². The third-order valence-corrected chi connectivity index (χ3v) is 2.39. The number of methoxy groups -OCH3 is 2. The van der Waals surface area contributed by atoms with E-state index in [0.29, 0.717) is 6.42 Å². The van der Waals surface area contributed by atoms with Crippen LogP contribution in [0.2, 0.25) is 0 Å². The Hall–Kier alpha value is -0.610. The Morgan fingerprint density at radius 2 is 1.69 bits per heavy atom. The average molecular weight is 232 g/mol. The zero-order valence-corrected chi connectivity index (χ0v) is 10.7. The molecule has 0 aliphatic heterocycles. The van der Waals surface area contributed by atoms with Crippen molar-refractivity contribution in [3.8, 4) is 0 Å². The normalized spacial score (nSPS) is 10.8. The third-order valence-electron chi connectivity index (χ3n) is 2.39. The number of carbonyl (C=O) groups excluding carboxylic acids is 1. The molecule has 4 nitrogen and oxygen atoms in total. The van der Waals surface area contributed by atoms with Gasteiger partial charge in [0.25, 0.3) is 0 Å². The SMILES string of the molecule is CCCCCCCC(=O)OCC(OC)OC. The van der Waals surface area contributed by atoms with E-state index in [-0.39, 0.29) is 12.6 Å². The van der Waals surface area contributed by atoms with Gasteiger partial charge in [-0.3, -0.25) is 4.79 Å². The summed E-state index contributed by atoms with van der Waals surface area (Å²) in [5, 5.41) is 0. The predicted molar refractivity (Wildman–Crippen MR) is 62.1 cm³/mol. The van der Waals surface area contributed by atoms with Crippen LogP contribution in [-0.2, 0) is 19.0 Å². The Balaban J connectivity index is 3.37. The molecule has 0 aromatic carbocycles. The average Bonchev–Trinajstić information content (AvgIpc) is 2.30. The molecule has 0 rings (SSSR count). The van der Waals surface area contributed by atoms with E-state index < -0.39 is 6.29 Å². The second-order valence-corrected chi connectivity index (χ2v) is 3.75. The third kappa shape index (κ3) is 8.68. The van der Waals surface area contributed by atoms with E-state index in [1.165, 1.54) is 33.5 Å². The minimum atomic E-state index is -0.455. The number of hydrogen-bond acceptors (Lipinski definition) is 4. The summed E-state index contributed by atoms with van der Waals surface area (Å²) in [6, 6.07) is 0. The van der Waals surface area contributed by atoms with Crippen LogP contribution in [0.5, 0.6) is 0 Å². The second kappa shape index (κ2) is 10.9. The van der Waals surface area contributed by atoms with Gasteiger partial charge in [-0.25, -0.2) is 0 Å². The standard InChI is InChI=1S/C12H24O4/c1-4-5-6-7-8-9-11(13)16-10-12(14-2)15-3/h12H,4-10H2,1-3H3. The number of rotatable bonds is 10. The highest BCUT2D eigenvalue weighted by Crippen LogP contribution is 2.06. The molecule has 0 radical (unpaired) electrons. The van der Waals surface area contributed by atoms with Gasteiger partial charge < -0.3 is 14.2 Å². The highest BCUT2D eigenvalue weighted by atomic mass is 16.7. The lowest BCUT2D eigenvalue weighted by atomic mass is 10.1. The Labute approximate surface area is 98.3 Å². The lowest BCUT2D eigenvalue weighted by Crippen LogP contribution is -2.22. The van der Waals surface area contributed by atoms with Gasteiger partial charge in [0.2, 0.25) is 0 Å². The van der Waals surface area contributed by atoms with Crippen LogP contribution in [0.3, 0.4) is 0 Å². The molecule has 0 fully saturated rings. The van der Waals surface area contributed by atoms with Crippen molar-refractivity contribution in [1.82, 2.24) is 0 Å². The zero-order chi connectivity index (χ0) is 12.2. The molecule has 96 valence electrons. The minimum absolute atomic E-state index is 0.167. The van der Waals surface area contributed by atoms with E-state index in [4.69, 9.17) is 14.2 Å².